The monoisotopic (exact) mass is 489 g/mol. The van der Waals surface area contributed by atoms with Crippen molar-refractivity contribution in [2.24, 2.45) is 5.41 Å². The standard InChI is InChI=1S/C24H35N5O6/c1-3-5-10-29-20-19(21(31)26-23(29)33)28(4-2)17(25-20)16-35-22(32)24(8-6-7-9-24)15-18(30)27-11-13-34-14-12-27/h3-16H2,1-2H3,(H,26,31,33). The van der Waals surface area contributed by atoms with E-state index in [0.29, 0.717) is 69.2 Å². The summed E-state index contributed by atoms with van der Waals surface area (Å²) in [5.41, 5.74) is -1.23. The molecule has 1 saturated carbocycles. The number of fused-ring (bicyclic) bond motifs is 1. The molecule has 2 aliphatic rings. The number of carbonyl (C=O) groups excluding carboxylic acids is 2. The van der Waals surface area contributed by atoms with E-state index in [1.807, 2.05) is 13.8 Å². The van der Waals surface area contributed by atoms with Crippen molar-refractivity contribution in [1.82, 2.24) is 24.0 Å². The number of H-pyrrole nitrogens is 1. The Bertz CT molecular complexity index is 1180. The number of aromatic nitrogens is 4. The van der Waals surface area contributed by atoms with Crippen LogP contribution in [0, 0.1) is 5.41 Å². The van der Waals surface area contributed by atoms with Crippen molar-refractivity contribution < 1.29 is 19.1 Å². The highest BCUT2D eigenvalue weighted by molar-refractivity contribution is 5.86. The van der Waals surface area contributed by atoms with Crippen LogP contribution >= 0.6 is 0 Å². The third kappa shape index (κ3) is 5.05. The highest BCUT2D eigenvalue weighted by atomic mass is 16.5. The first-order valence-electron chi connectivity index (χ1n) is 12.6. The van der Waals surface area contributed by atoms with Gasteiger partial charge in [0.05, 0.1) is 18.6 Å². The molecule has 1 amide bonds. The summed E-state index contributed by atoms with van der Waals surface area (Å²) in [6.45, 7) is 6.74. The van der Waals surface area contributed by atoms with Gasteiger partial charge in [0.1, 0.15) is 12.4 Å². The van der Waals surface area contributed by atoms with Gasteiger partial charge < -0.3 is 18.9 Å². The zero-order valence-electron chi connectivity index (χ0n) is 20.6. The molecule has 2 aromatic heterocycles. The average molecular weight is 490 g/mol. The molecule has 0 bridgehead atoms. The molecule has 192 valence electrons. The molecule has 1 saturated heterocycles. The van der Waals surface area contributed by atoms with E-state index in [-0.39, 0.29) is 18.9 Å². The fourth-order valence-corrected chi connectivity index (χ4v) is 5.19. The molecule has 1 N–H and O–H groups in total. The van der Waals surface area contributed by atoms with Crippen LogP contribution in [0.4, 0.5) is 0 Å². The van der Waals surface area contributed by atoms with Crippen LogP contribution in [0.5, 0.6) is 0 Å². The molecule has 0 aromatic carbocycles. The van der Waals surface area contributed by atoms with Crippen molar-refractivity contribution in [2.75, 3.05) is 26.3 Å². The fourth-order valence-electron chi connectivity index (χ4n) is 5.19. The van der Waals surface area contributed by atoms with Crippen LogP contribution in [0.2, 0.25) is 0 Å². The molecule has 1 aliphatic carbocycles. The smallest absolute Gasteiger partial charge is 0.330 e. The lowest BCUT2D eigenvalue weighted by Gasteiger charge is -2.32. The van der Waals surface area contributed by atoms with Gasteiger partial charge in [-0.15, -0.1) is 0 Å². The van der Waals surface area contributed by atoms with Crippen molar-refractivity contribution in [3.05, 3.63) is 26.7 Å². The number of nitrogens with zero attached hydrogens (tertiary/aromatic N) is 4. The maximum atomic E-state index is 13.3. The van der Waals surface area contributed by atoms with E-state index >= 15 is 0 Å². The number of hydrogen-bond donors (Lipinski definition) is 1. The van der Waals surface area contributed by atoms with Crippen molar-refractivity contribution in [3.8, 4) is 0 Å². The molecule has 0 spiro atoms. The lowest BCUT2D eigenvalue weighted by molar-refractivity contribution is -0.161. The molecule has 0 atom stereocenters. The molecule has 11 nitrogen and oxygen atoms in total. The summed E-state index contributed by atoms with van der Waals surface area (Å²) < 4.78 is 14.2. The Hall–Kier alpha value is -2.95. The Morgan fingerprint density at radius 1 is 1.11 bits per heavy atom. The van der Waals surface area contributed by atoms with Crippen LogP contribution in [-0.2, 0) is 38.8 Å². The summed E-state index contributed by atoms with van der Waals surface area (Å²) in [4.78, 5) is 60.0. The summed E-state index contributed by atoms with van der Waals surface area (Å²) in [6.07, 6.45) is 4.76. The number of unbranched alkanes of at least 4 members (excludes halogenated alkanes) is 1. The second-order valence-electron chi connectivity index (χ2n) is 9.44. The predicted octanol–water partition coefficient (Wildman–Crippen LogP) is 1.56. The zero-order valence-corrected chi connectivity index (χ0v) is 20.6. The summed E-state index contributed by atoms with van der Waals surface area (Å²) in [7, 11) is 0. The molecule has 2 aromatic rings. The highest BCUT2D eigenvalue weighted by Crippen LogP contribution is 2.43. The quantitative estimate of drug-likeness (QED) is 0.529. The van der Waals surface area contributed by atoms with Gasteiger partial charge in [0, 0.05) is 32.6 Å². The van der Waals surface area contributed by atoms with Gasteiger partial charge in [0.2, 0.25) is 5.91 Å². The third-order valence-corrected chi connectivity index (χ3v) is 7.20. The summed E-state index contributed by atoms with van der Waals surface area (Å²) in [5.74, 6) is -0.0344. The molecule has 4 rings (SSSR count). The van der Waals surface area contributed by atoms with Gasteiger partial charge in [-0.05, 0) is 26.2 Å². The van der Waals surface area contributed by atoms with Gasteiger partial charge in [-0.25, -0.2) is 9.78 Å². The molecule has 0 radical (unpaired) electrons. The van der Waals surface area contributed by atoms with Gasteiger partial charge in [-0.3, -0.25) is 23.9 Å². The molecule has 1 aliphatic heterocycles. The maximum absolute atomic E-state index is 13.3. The number of carbonyl (C=O) groups is 2. The third-order valence-electron chi connectivity index (χ3n) is 7.20. The Labute approximate surface area is 203 Å². The lowest BCUT2D eigenvalue weighted by atomic mass is 9.82. The number of aromatic amines is 1. The van der Waals surface area contributed by atoms with Crippen LogP contribution in [0.1, 0.15) is 64.6 Å². The molecule has 35 heavy (non-hydrogen) atoms. The van der Waals surface area contributed by atoms with E-state index in [2.05, 4.69) is 9.97 Å². The minimum Gasteiger partial charge on any atom is -0.457 e. The first kappa shape index (κ1) is 25.2. The topological polar surface area (TPSA) is 129 Å². The van der Waals surface area contributed by atoms with E-state index < -0.39 is 22.6 Å². The summed E-state index contributed by atoms with van der Waals surface area (Å²) >= 11 is 0. The normalized spacial score (nSPS) is 17.7. The number of morpholine rings is 1. The first-order chi connectivity index (χ1) is 16.9. The predicted molar refractivity (Wildman–Crippen MR) is 128 cm³/mol. The highest BCUT2D eigenvalue weighted by Gasteiger charge is 2.45. The minimum atomic E-state index is -0.834. The number of imidazole rings is 1. The number of esters is 1. The number of rotatable bonds is 9. The lowest BCUT2D eigenvalue weighted by Crippen LogP contribution is -2.44. The van der Waals surface area contributed by atoms with Gasteiger partial charge in [-0.1, -0.05) is 26.2 Å². The molecule has 3 heterocycles. The maximum Gasteiger partial charge on any atom is 0.330 e. The van der Waals surface area contributed by atoms with Gasteiger partial charge >= 0.3 is 11.7 Å². The summed E-state index contributed by atoms with van der Waals surface area (Å²) in [5, 5.41) is 0. The number of hydrogen-bond acceptors (Lipinski definition) is 7. The van der Waals surface area contributed by atoms with Crippen molar-refractivity contribution in [1.29, 1.82) is 0 Å². The molecule has 11 heteroatoms. The summed E-state index contributed by atoms with van der Waals surface area (Å²) in [6, 6.07) is 0. The molecule has 0 unspecified atom stereocenters. The van der Waals surface area contributed by atoms with E-state index in [1.165, 1.54) is 4.57 Å². The van der Waals surface area contributed by atoms with Gasteiger partial charge in [0.25, 0.3) is 5.56 Å². The fraction of sp³-hybridized carbons (Fsp3) is 0.708. The second-order valence-corrected chi connectivity index (χ2v) is 9.44. The van der Waals surface area contributed by atoms with Crippen molar-refractivity contribution in [3.63, 3.8) is 0 Å². The first-order valence-corrected chi connectivity index (χ1v) is 12.6. The second kappa shape index (κ2) is 10.8. The van der Waals surface area contributed by atoms with Crippen LogP contribution in [0.25, 0.3) is 11.2 Å². The van der Waals surface area contributed by atoms with Crippen molar-refractivity contribution in [2.45, 2.75) is 78.5 Å². The van der Waals surface area contributed by atoms with E-state index in [9.17, 15) is 19.2 Å². The van der Waals surface area contributed by atoms with E-state index in [4.69, 9.17) is 9.47 Å². The Balaban J connectivity index is 1.56. The van der Waals surface area contributed by atoms with E-state index in [0.717, 1.165) is 25.7 Å². The number of amides is 1. The zero-order chi connectivity index (χ0) is 25.0. The average Bonchev–Trinajstić information content (AvgIpc) is 3.48. The van der Waals surface area contributed by atoms with Crippen LogP contribution in [0.15, 0.2) is 9.59 Å². The minimum absolute atomic E-state index is 0.0422. The largest absolute Gasteiger partial charge is 0.457 e. The Morgan fingerprint density at radius 2 is 1.83 bits per heavy atom. The SMILES string of the molecule is CCCCn1c(=O)[nH]c(=O)c2c1nc(COC(=O)C1(CC(=O)N3CCOCC3)CCCC1)n2CC. The molecular weight excluding hydrogens is 454 g/mol. The Morgan fingerprint density at radius 3 is 2.49 bits per heavy atom. The van der Waals surface area contributed by atoms with Crippen molar-refractivity contribution >= 4 is 23.0 Å². The molecular formula is C24H35N5O6. The van der Waals surface area contributed by atoms with Crippen LogP contribution in [-0.4, -0.2) is 62.2 Å². The number of aryl methyl sites for hydroxylation is 2. The Kier molecular flexibility index (Phi) is 7.73. The van der Waals surface area contributed by atoms with Gasteiger partial charge in [-0.2, -0.15) is 0 Å². The number of ether oxygens (including phenoxy) is 2. The van der Waals surface area contributed by atoms with E-state index in [1.54, 1.807) is 9.47 Å². The van der Waals surface area contributed by atoms with Gasteiger partial charge in [0.15, 0.2) is 11.2 Å². The molecule has 2 fully saturated rings. The number of nitrogens with one attached hydrogen (secondary N) is 1. The van der Waals surface area contributed by atoms with Crippen LogP contribution in [0.3, 0.4) is 0 Å². The van der Waals surface area contributed by atoms with Crippen LogP contribution < -0.4 is 11.2 Å².